The van der Waals surface area contributed by atoms with Crippen LogP contribution in [0.3, 0.4) is 0 Å². The first kappa shape index (κ1) is 16.7. The largest absolute Gasteiger partial charge is 0.464 e. The second-order valence-electron chi connectivity index (χ2n) is 5.16. The Bertz CT molecular complexity index is 658. The van der Waals surface area contributed by atoms with Crippen molar-refractivity contribution in [1.82, 2.24) is 10.9 Å². The van der Waals surface area contributed by atoms with Crippen LogP contribution in [0.1, 0.15) is 29.8 Å². The van der Waals surface area contributed by atoms with Gasteiger partial charge in [0.2, 0.25) is 0 Å². The summed E-state index contributed by atoms with van der Waals surface area (Å²) in [6, 6.07) is 17.9. The Morgan fingerprint density at radius 3 is 2.13 bits per heavy atom. The maximum atomic E-state index is 12.4. The van der Waals surface area contributed by atoms with Crippen LogP contribution in [0.4, 0.5) is 0 Å². The maximum absolute atomic E-state index is 12.4. The van der Waals surface area contributed by atoms with Gasteiger partial charge in [-0.3, -0.25) is 10.2 Å². The van der Waals surface area contributed by atoms with Crippen molar-refractivity contribution in [3.63, 3.8) is 0 Å². The van der Waals surface area contributed by atoms with Gasteiger partial charge in [-0.2, -0.15) is 0 Å². The minimum absolute atomic E-state index is 0.259. The minimum atomic E-state index is -1.18. The van der Waals surface area contributed by atoms with Gasteiger partial charge in [-0.15, -0.1) is 0 Å². The molecule has 0 aliphatic carbocycles. The van der Waals surface area contributed by atoms with Crippen molar-refractivity contribution in [2.75, 3.05) is 6.61 Å². The number of ether oxygens (including phenoxy) is 1. The third-order valence-electron chi connectivity index (χ3n) is 3.50. The molecular formula is C18H20N2O3. The molecule has 23 heavy (non-hydrogen) atoms. The summed E-state index contributed by atoms with van der Waals surface area (Å²) in [6.45, 7) is 3.67. The number of nitrogens with one attached hydrogen (secondary N) is 2. The molecule has 5 heteroatoms. The van der Waals surface area contributed by atoms with Gasteiger partial charge >= 0.3 is 5.97 Å². The van der Waals surface area contributed by atoms with Crippen LogP contribution in [0.15, 0.2) is 60.7 Å². The molecule has 2 N–H and O–H groups in total. The standard InChI is InChI=1S/C18H20N2O3/c1-3-23-17(22)18(2,15-12-8-5-9-13-15)20-19-16(21)14-10-6-4-7-11-14/h4-13,20H,3H2,1-2H3,(H,19,21). The molecule has 2 rings (SSSR count). The summed E-state index contributed by atoms with van der Waals surface area (Å²) in [6.07, 6.45) is 0. The van der Waals surface area contributed by atoms with Crippen molar-refractivity contribution in [2.45, 2.75) is 19.4 Å². The van der Waals surface area contributed by atoms with Gasteiger partial charge in [0.05, 0.1) is 6.61 Å². The average molecular weight is 312 g/mol. The zero-order valence-electron chi connectivity index (χ0n) is 13.2. The molecule has 0 saturated heterocycles. The van der Waals surface area contributed by atoms with Crippen LogP contribution in [0.5, 0.6) is 0 Å². The predicted molar refractivity (Wildman–Crippen MR) is 87.5 cm³/mol. The van der Waals surface area contributed by atoms with E-state index >= 15 is 0 Å². The molecule has 1 amide bonds. The summed E-state index contributed by atoms with van der Waals surface area (Å²) in [4.78, 5) is 24.6. The number of rotatable bonds is 6. The summed E-state index contributed by atoms with van der Waals surface area (Å²) in [7, 11) is 0. The van der Waals surface area contributed by atoms with Gasteiger partial charge in [0, 0.05) is 5.56 Å². The van der Waals surface area contributed by atoms with E-state index in [1.54, 1.807) is 50.2 Å². The topological polar surface area (TPSA) is 67.4 Å². The highest BCUT2D eigenvalue weighted by atomic mass is 16.5. The molecule has 0 spiro atoms. The van der Waals surface area contributed by atoms with Gasteiger partial charge in [-0.05, 0) is 31.5 Å². The van der Waals surface area contributed by atoms with Gasteiger partial charge in [-0.1, -0.05) is 48.5 Å². The third-order valence-corrected chi connectivity index (χ3v) is 3.50. The second-order valence-corrected chi connectivity index (χ2v) is 5.16. The van der Waals surface area contributed by atoms with E-state index in [4.69, 9.17) is 4.74 Å². The van der Waals surface area contributed by atoms with Crippen molar-refractivity contribution in [3.05, 3.63) is 71.8 Å². The molecule has 0 radical (unpaired) electrons. The van der Waals surface area contributed by atoms with Crippen molar-refractivity contribution in [2.24, 2.45) is 0 Å². The third kappa shape index (κ3) is 3.96. The number of esters is 1. The Kier molecular flexibility index (Phi) is 5.49. The summed E-state index contributed by atoms with van der Waals surface area (Å²) in [5.41, 5.74) is 5.43. The highest BCUT2D eigenvalue weighted by molar-refractivity contribution is 5.94. The number of hydrogen-bond acceptors (Lipinski definition) is 4. The SMILES string of the molecule is CCOC(=O)C(C)(NNC(=O)c1ccccc1)c1ccccc1. The number of hydrogen-bond donors (Lipinski definition) is 2. The molecule has 0 aliphatic rings. The van der Waals surface area contributed by atoms with Crippen molar-refractivity contribution < 1.29 is 14.3 Å². The highest BCUT2D eigenvalue weighted by Gasteiger charge is 2.37. The molecule has 1 unspecified atom stereocenters. The van der Waals surface area contributed by atoms with Crippen LogP contribution in [0.25, 0.3) is 0 Å². The van der Waals surface area contributed by atoms with Gasteiger partial charge in [0.15, 0.2) is 5.54 Å². The Labute approximate surface area is 135 Å². The molecule has 0 aliphatic heterocycles. The van der Waals surface area contributed by atoms with Crippen LogP contribution in [-0.2, 0) is 15.1 Å². The zero-order valence-corrected chi connectivity index (χ0v) is 13.2. The molecule has 0 aromatic heterocycles. The fraction of sp³-hybridized carbons (Fsp3) is 0.222. The quantitative estimate of drug-likeness (QED) is 0.635. The normalized spacial score (nSPS) is 13.0. The molecule has 1 atom stereocenters. The first-order chi connectivity index (χ1) is 11.1. The maximum Gasteiger partial charge on any atom is 0.332 e. The summed E-state index contributed by atoms with van der Waals surface area (Å²) in [5, 5.41) is 0. The fourth-order valence-corrected chi connectivity index (χ4v) is 2.13. The van der Waals surface area contributed by atoms with Crippen LogP contribution >= 0.6 is 0 Å². The molecule has 5 nitrogen and oxygen atoms in total. The smallest absolute Gasteiger partial charge is 0.332 e. The monoisotopic (exact) mass is 312 g/mol. The molecule has 0 bridgehead atoms. The van der Waals surface area contributed by atoms with Gasteiger partial charge in [0.25, 0.3) is 5.91 Å². The zero-order chi connectivity index (χ0) is 16.7. The minimum Gasteiger partial charge on any atom is -0.464 e. The first-order valence-electron chi connectivity index (χ1n) is 7.43. The van der Waals surface area contributed by atoms with E-state index in [9.17, 15) is 9.59 Å². The van der Waals surface area contributed by atoms with Gasteiger partial charge in [-0.25, -0.2) is 10.2 Å². The van der Waals surface area contributed by atoms with Crippen molar-refractivity contribution in [3.8, 4) is 0 Å². The lowest BCUT2D eigenvalue weighted by molar-refractivity contribution is -0.151. The summed E-state index contributed by atoms with van der Waals surface area (Å²) in [5.74, 6) is -0.781. The van der Waals surface area contributed by atoms with E-state index in [1.807, 2.05) is 24.3 Å². The molecule has 0 fully saturated rings. The van der Waals surface area contributed by atoms with Crippen LogP contribution in [0, 0.1) is 0 Å². The van der Waals surface area contributed by atoms with E-state index in [-0.39, 0.29) is 12.5 Å². The number of carbonyl (C=O) groups is 2. The van der Waals surface area contributed by atoms with E-state index in [2.05, 4.69) is 10.9 Å². The second kappa shape index (κ2) is 7.56. The number of carbonyl (C=O) groups excluding carboxylic acids is 2. The van der Waals surface area contributed by atoms with E-state index in [0.29, 0.717) is 11.1 Å². The first-order valence-corrected chi connectivity index (χ1v) is 7.43. The number of amides is 1. The number of benzene rings is 2. The van der Waals surface area contributed by atoms with Crippen molar-refractivity contribution in [1.29, 1.82) is 0 Å². The average Bonchev–Trinajstić information content (AvgIpc) is 2.61. The molecular weight excluding hydrogens is 292 g/mol. The van der Waals surface area contributed by atoms with E-state index in [1.165, 1.54) is 0 Å². The fourth-order valence-electron chi connectivity index (χ4n) is 2.13. The molecule has 120 valence electrons. The Morgan fingerprint density at radius 2 is 1.57 bits per heavy atom. The van der Waals surface area contributed by atoms with E-state index < -0.39 is 11.5 Å². The lowest BCUT2D eigenvalue weighted by atomic mass is 9.93. The Hall–Kier alpha value is -2.66. The molecule has 0 heterocycles. The predicted octanol–water partition coefficient (Wildman–Crippen LogP) is 2.40. The van der Waals surface area contributed by atoms with Gasteiger partial charge < -0.3 is 4.74 Å². The Morgan fingerprint density at radius 1 is 1.00 bits per heavy atom. The Balaban J connectivity index is 2.19. The van der Waals surface area contributed by atoms with Crippen LogP contribution < -0.4 is 10.9 Å². The summed E-state index contributed by atoms with van der Waals surface area (Å²) >= 11 is 0. The highest BCUT2D eigenvalue weighted by Crippen LogP contribution is 2.21. The molecule has 0 saturated carbocycles. The van der Waals surface area contributed by atoms with Crippen LogP contribution in [-0.4, -0.2) is 18.5 Å². The van der Waals surface area contributed by atoms with E-state index in [0.717, 1.165) is 0 Å². The molecule has 2 aromatic rings. The van der Waals surface area contributed by atoms with Crippen molar-refractivity contribution >= 4 is 11.9 Å². The van der Waals surface area contributed by atoms with Gasteiger partial charge in [0.1, 0.15) is 0 Å². The molecule has 2 aromatic carbocycles. The summed E-state index contributed by atoms with van der Waals surface area (Å²) < 4.78 is 5.15. The van der Waals surface area contributed by atoms with Crippen LogP contribution in [0.2, 0.25) is 0 Å². The number of hydrazine groups is 1. The lowest BCUT2D eigenvalue weighted by Gasteiger charge is -2.29. The lowest BCUT2D eigenvalue weighted by Crippen LogP contribution is -2.55.